The van der Waals surface area contributed by atoms with Crippen LogP contribution in [0.1, 0.15) is 35.6 Å². The fourth-order valence-electron chi connectivity index (χ4n) is 4.80. The third-order valence-electron chi connectivity index (χ3n) is 5.72. The fourth-order valence-corrected chi connectivity index (χ4v) is 4.80. The lowest BCUT2D eigenvalue weighted by molar-refractivity contribution is 0.769. The summed E-state index contributed by atoms with van der Waals surface area (Å²) in [7, 11) is 0. The van der Waals surface area contributed by atoms with Crippen LogP contribution in [0, 0.1) is 0 Å². The third kappa shape index (κ3) is 1.41. The van der Waals surface area contributed by atoms with Gasteiger partial charge in [-0.3, -0.25) is 0 Å². The summed E-state index contributed by atoms with van der Waals surface area (Å²) in [6.07, 6.45) is 11.5. The zero-order valence-electron chi connectivity index (χ0n) is 13.4. The van der Waals surface area contributed by atoms with Gasteiger partial charge < -0.3 is 4.90 Å². The highest BCUT2D eigenvalue weighted by atomic mass is 15.2. The van der Waals surface area contributed by atoms with Crippen molar-refractivity contribution in [2.75, 3.05) is 4.90 Å². The van der Waals surface area contributed by atoms with E-state index in [0.717, 1.165) is 12.8 Å². The van der Waals surface area contributed by atoms with Crippen molar-refractivity contribution in [2.45, 2.75) is 18.9 Å². The highest BCUT2D eigenvalue weighted by molar-refractivity contribution is 5.97. The Morgan fingerprint density at radius 1 is 0.875 bits per heavy atom. The molecule has 114 valence electrons. The molecule has 2 aliphatic carbocycles. The van der Waals surface area contributed by atoms with E-state index in [-0.39, 0.29) is 0 Å². The molecule has 0 N–H and O–H groups in total. The first kappa shape index (κ1) is 12.6. The molecule has 0 saturated carbocycles. The molecule has 1 atom stereocenters. The Bertz CT molecular complexity index is 1020. The number of allylic oxidation sites excluding steroid dienone is 5. The van der Waals surface area contributed by atoms with Crippen LogP contribution in [0.3, 0.4) is 0 Å². The smallest absolute Gasteiger partial charge is 0.0854 e. The van der Waals surface area contributed by atoms with Gasteiger partial charge in [0.25, 0.3) is 0 Å². The first-order chi connectivity index (χ1) is 11.9. The molecule has 1 unspecified atom stereocenters. The maximum atomic E-state index is 2.57. The summed E-state index contributed by atoms with van der Waals surface area (Å²) in [6, 6.07) is 18.2. The second kappa shape index (κ2) is 4.39. The van der Waals surface area contributed by atoms with Gasteiger partial charge in [0.05, 0.1) is 6.04 Å². The number of hydrogen-bond donors (Lipinski definition) is 0. The number of nitrogens with zero attached hydrogens (tertiary/aromatic N) is 1. The summed E-state index contributed by atoms with van der Waals surface area (Å²) in [5, 5.41) is 0. The second-order valence-electron chi connectivity index (χ2n) is 6.86. The van der Waals surface area contributed by atoms with E-state index in [1.54, 1.807) is 0 Å². The minimum atomic E-state index is 0.311. The molecular weight excluding hydrogens is 290 g/mol. The average Bonchev–Trinajstić information content (AvgIpc) is 3.31. The topological polar surface area (TPSA) is 3.24 Å². The third-order valence-corrected chi connectivity index (χ3v) is 5.72. The molecule has 0 saturated heterocycles. The standard InChI is InChI=1S/C23H17N/c1-2-9-19-15(7-1)18-11-6-14-22(18)24-21-13-4-3-8-17(21)16-10-5-12-20(16)23(19)24/h1-5,7-9,11-14,23H,6,10H2. The van der Waals surface area contributed by atoms with Gasteiger partial charge in [-0.15, -0.1) is 0 Å². The summed E-state index contributed by atoms with van der Waals surface area (Å²) in [5.74, 6) is 0. The molecule has 0 amide bonds. The lowest BCUT2D eigenvalue weighted by Crippen LogP contribution is -2.36. The zero-order valence-corrected chi connectivity index (χ0v) is 13.4. The normalized spacial score (nSPS) is 22.3. The van der Waals surface area contributed by atoms with Crippen LogP contribution in [0.25, 0.3) is 11.1 Å². The highest BCUT2D eigenvalue weighted by Gasteiger charge is 2.41. The van der Waals surface area contributed by atoms with Gasteiger partial charge >= 0.3 is 0 Å². The van der Waals surface area contributed by atoms with Gasteiger partial charge in [0.15, 0.2) is 0 Å². The van der Waals surface area contributed by atoms with Crippen LogP contribution < -0.4 is 4.90 Å². The Balaban J connectivity index is 1.74. The second-order valence-corrected chi connectivity index (χ2v) is 6.86. The minimum Gasteiger partial charge on any atom is -0.329 e. The summed E-state index contributed by atoms with van der Waals surface area (Å²) < 4.78 is 0. The van der Waals surface area contributed by atoms with Gasteiger partial charge in [0.1, 0.15) is 0 Å². The Hall–Kier alpha value is -2.80. The van der Waals surface area contributed by atoms with Crippen molar-refractivity contribution in [3.8, 4) is 0 Å². The fraction of sp³-hybridized carbons (Fsp3) is 0.130. The van der Waals surface area contributed by atoms with Crippen molar-refractivity contribution >= 4 is 16.8 Å². The van der Waals surface area contributed by atoms with Gasteiger partial charge in [-0.05, 0) is 41.2 Å². The number of benzene rings is 2. The van der Waals surface area contributed by atoms with E-state index >= 15 is 0 Å². The lowest BCUT2D eigenvalue weighted by Gasteiger charge is -2.45. The Morgan fingerprint density at radius 2 is 1.71 bits per heavy atom. The average molecular weight is 307 g/mol. The van der Waals surface area contributed by atoms with Crippen LogP contribution in [-0.4, -0.2) is 0 Å². The Morgan fingerprint density at radius 3 is 2.67 bits per heavy atom. The first-order valence-corrected chi connectivity index (χ1v) is 8.72. The first-order valence-electron chi connectivity index (χ1n) is 8.72. The molecule has 6 rings (SSSR count). The van der Waals surface area contributed by atoms with Crippen molar-refractivity contribution in [1.82, 2.24) is 0 Å². The van der Waals surface area contributed by atoms with Gasteiger partial charge in [-0.25, -0.2) is 0 Å². The van der Waals surface area contributed by atoms with Crippen LogP contribution in [0.5, 0.6) is 0 Å². The van der Waals surface area contributed by atoms with Crippen molar-refractivity contribution in [3.63, 3.8) is 0 Å². The lowest BCUT2D eigenvalue weighted by atomic mass is 9.79. The van der Waals surface area contributed by atoms with Crippen molar-refractivity contribution in [3.05, 3.63) is 101 Å². The van der Waals surface area contributed by atoms with Crippen molar-refractivity contribution in [1.29, 1.82) is 0 Å². The summed E-state index contributed by atoms with van der Waals surface area (Å²) in [4.78, 5) is 2.57. The maximum absolute atomic E-state index is 2.57. The molecule has 2 aliphatic heterocycles. The van der Waals surface area contributed by atoms with E-state index in [1.165, 1.54) is 44.8 Å². The predicted molar refractivity (Wildman–Crippen MR) is 99.5 cm³/mol. The van der Waals surface area contributed by atoms with Crippen molar-refractivity contribution < 1.29 is 0 Å². The Kier molecular flexibility index (Phi) is 2.30. The number of fused-ring (bicyclic) bond motifs is 10. The monoisotopic (exact) mass is 307 g/mol. The van der Waals surface area contributed by atoms with Gasteiger partial charge in [-0.2, -0.15) is 0 Å². The molecule has 2 aromatic carbocycles. The Labute approximate surface area is 141 Å². The van der Waals surface area contributed by atoms with E-state index in [9.17, 15) is 0 Å². The van der Waals surface area contributed by atoms with Gasteiger partial charge in [0, 0.05) is 22.5 Å². The maximum Gasteiger partial charge on any atom is 0.0854 e. The van der Waals surface area contributed by atoms with E-state index in [2.05, 4.69) is 77.7 Å². The summed E-state index contributed by atoms with van der Waals surface area (Å²) >= 11 is 0. The highest BCUT2D eigenvalue weighted by Crippen LogP contribution is 2.56. The molecule has 2 aromatic rings. The molecule has 2 heterocycles. The zero-order chi connectivity index (χ0) is 15.7. The van der Waals surface area contributed by atoms with Crippen LogP contribution in [0.15, 0.2) is 84.1 Å². The molecule has 0 spiro atoms. The van der Waals surface area contributed by atoms with E-state index < -0.39 is 0 Å². The molecule has 0 aromatic heterocycles. The number of rotatable bonds is 0. The minimum absolute atomic E-state index is 0.311. The molecule has 0 fully saturated rings. The molecule has 0 bridgehead atoms. The SMILES string of the molecule is C1=CC2=C(C1)c1ccccc1N1C3=CCC=C3c3ccccc3C21. The quantitative estimate of drug-likeness (QED) is 0.608. The summed E-state index contributed by atoms with van der Waals surface area (Å²) in [5.41, 5.74) is 11.4. The molecule has 0 radical (unpaired) electrons. The molecule has 1 heteroatoms. The number of anilines is 1. The molecule has 4 aliphatic rings. The van der Waals surface area contributed by atoms with E-state index in [0.29, 0.717) is 6.04 Å². The molecular formula is C23H17N. The number of para-hydroxylation sites is 1. The number of hydrogen-bond acceptors (Lipinski definition) is 1. The summed E-state index contributed by atoms with van der Waals surface area (Å²) in [6.45, 7) is 0. The molecule has 24 heavy (non-hydrogen) atoms. The largest absolute Gasteiger partial charge is 0.329 e. The molecule has 1 nitrogen and oxygen atoms in total. The van der Waals surface area contributed by atoms with Crippen LogP contribution in [-0.2, 0) is 0 Å². The van der Waals surface area contributed by atoms with Crippen molar-refractivity contribution in [2.24, 2.45) is 0 Å². The van der Waals surface area contributed by atoms with E-state index in [1.807, 2.05) is 0 Å². The van der Waals surface area contributed by atoms with Crippen LogP contribution in [0.2, 0.25) is 0 Å². The van der Waals surface area contributed by atoms with E-state index in [4.69, 9.17) is 0 Å². The van der Waals surface area contributed by atoms with Crippen LogP contribution in [0.4, 0.5) is 5.69 Å². The van der Waals surface area contributed by atoms with Crippen LogP contribution >= 0.6 is 0 Å². The van der Waals surface area contributed by atoms with Gasteiger partial charge in [-0.1, -0.05) is 66.8 Å². The predicted octanol–water partition coefficient (Wildman–Crippen LogP) is 5.65. The van der Waals surface area contributed by atoms with Gasteiger partial charge in [0.2, 0.25) is 0 Å².